The predicted octanol–water partition coefficient (Wildman–Crippen LogP) is 2.72. The van der Waals surface area contributed by atoms with Crippen LogP contribution in [0.25, 0.3) is 28.2 Å². The van der Waals surface area contributed by atoms with Gasteiger partial charge in [-0.1, -0.05) is 30.3 Å². The fourth-order valence-corrected chi connectivity index (χ4v) is 3.27. The number of carbonyl (C=O) groups is 1. The number of carboxylic acid groups (broad SMARTS) is 1. The second-order valence-electron chi connectivity index (χ2n) is 7.10. The number of carboxylic acids is 1. The van der Waals surface area contributed by atoms with E-state index in [1.165, 1.54) is 28.8 Å². The third-order valence-corrected chi connectivity index (χ3v) is 5.00. The highest BCUT2D eigenvalue weighted by atomic mass is 16.5. The smallest absolute Gasteiger partial charge is 0.335 e. The van der Waals surface area contributed by atoms with Crippen LogP contribution in [0.15, 0.2) is 73.2 Å². The fourth-order valence-electron chi connectivity index (χ4n) is 3.27. The molecule has 0 saturated carbocycles. The molecule has 0 spiro atoms. The van der Waals surface area contributed by atoms with Crippen LogP contribution in [0, 0.1) is 0 Å². The van der Waals surface area contributed by atoms with E-state index in [1.54, 1.807) is 18.6 Å². The molecule has 0 fully saturated rings. The molecule has 0 atom stereocenters. The Morgan fingerprint density at radius 1 is 0.970 bits per heavy atom. The molecule has 9 nitrogen and oxygen atoms in total. The summed E-state index contributed by atoms with van der Waals surface area (Å²) in [6.07, 6.45) is 4.97. The summed E-state index contributed by atoms with van der Waals surface area (Å²) in [5, 5.41) is 13.3. The fraction of sp³-hybridized carbons (Fsp3) is 0. The van der Waals surface area contributed by atoms with E-state index in [9.17, 15) is 4.79 Å². The number of rotatable bonds is 5. The maximum Gasteiger partial charge on any atom is 0.335 e. The lowest BCUT2D eigenvalue weighted by atomic mass is 9.98. The molecular weight excluding hydrogens is 419 g/mol. The summed E-state index contributed by atoms with van der Waals surface area (Å²) >= 11 is 0. The third kappa shape index (κ3) is 3.74. The summed E-state index contributed by atoms with van der Waals surface area (Å²) < 4.78 is 7.20. The second-order valence-corrected chi connectivity index (χ2v) is 7.10. The zero-order valence-electron chi connectivity index (χ0n) is 17.1. The number of hydrogen-bond acceptors (Lipinski definition) is 7. The zero-order chi connectivity index (χ0) is 22.9. The van der Waals surface area contributed by atoms with Crippen molar-refractivity contribution in [1.29, 1.82) is 0 Å². The molecule has 3 N–H and O–H groups in total. The van der Waals surface area contributed by atoms with Crippen LogP contribution >= 0.6 is 0 Å². The number of benzene rings is 2. The Morgan fingerprint density at radius 2 is 1.67 bits per heavy atom. The molecular formula is C23H15BN6O3. The van der Waals surface area contributed by atoms with Crippen LogP contribution in [-0.4, -0.2) is 43.5 Å². The van der Waals surface area contributed by atoms with Crippen LogP contribution < -0.4 is 15.9 Å². The normalized spacial score (nSPS) is 10.9. The summed E-state index contributed by atoms with van der Waals surface area (Å²) in [5.41, 5.74) is 9.07. The van der Waals surface area contributed by atoms with Crippen LogP contribution in [0.3, 0.4) is 0 Å². The van der Waals surface area contributed by atoms with Crippen molar-refractivity contribution in [2.75, 3.05) is 5.73 Å². The molecule has 2 aromatic carbocycles. The number of fused-ring (bicyclic) bond motifs is 1. The molecule has 33 heavy (non-hydrogen) atoms. The van der Waals surface area contributed by atoms with Gasteiger partial charge in [0.2, 0.25) is 5.88 Å². The van der Waals surface area contributed by atoms with Crippen molar-refractivity contribution in [3.05, 3.63) is 78.8 Å². The molecule has 0 saturated heterocycles. The van der Waals surface area contributed by atoms with Gasteiger partial charge in [0.05, 0.1) is 11.8 Å². The lowest BCUT2D eigenvalue weighted by Crippen LogP contribution is -2.19. The molecule has 0 amide bonds. The minimum Gasteiger partial charge on any atom is -0.478 e. The largest absolute Gasteiger partial charge is 0.478 e. The summed E-state index contributed by atoms with van der Waals surface area (Å²) in [4.78, 5) is 24.5. The molecule has 0 unspecified atom stereocenters. The quantitative estimate of drug-likeness (QED) is 0.404. The summed E-state index contributed by atoms with van der Waals surface area (Å²) in [6, 6.07) is 15.5. The Morgan fingerprint density at radius 3 is 2.33 bits per heavy atom. The number of nitrogen functional groups attached to an aromatic ring is 1. The van der Waals surface area contributed by atoms with Gasteiger partial charge in [0.1, 0.15) is 19.4 Å². The minimum atomic E-state index is -1.03. The Hall–Kier alpha value is -4.73. The molecule has 0 aliphatic carbocycles. The van der Waals surface area contributed by atoms with Crippen molar-refractivity contribution in [2.45, 2.75) is 0 Å². The van der Waals surface area contributed by atoms with Gasteiger partial charge in [-0.2, -0.15) is 14.6 Å². The highest BCUT2D eigenvalue weighted by molar-refractivity contribution is 6.37. The van der Waals surface area contributed by atoms with Gasteiger partial charge in [-0.3, -0.25) is 0 Å². The van der Waals surface area contributed by atoms with Crippen molar-refractivity contribution in [3.8, 4) is 34.1 Å². The Labute approximate surface area is 188 Å². The number of nitrogens with two attached hydrogens (primary N) is 1. The van der Waals surface area contributed by atoms with E-state index in [-0.39, 0.29) is 22.7 Å². The Balaban J connectivity index is 1.52. The van der Waals surface area contributed by atoms with Gasteiger partial charge in [0.15, 0.2) is 11.5 Å². The molecule has 5 rings (SSSR count). The average molecular weight is 434 g/mol. The van der Waals surface area contributed by atoms with Crippen LogP contribution in [0.2, 0.25) is 0 Å². The van der Waals surface area contributed by atoms with Gasteiger partial charge in [-0.15, -0.1) is 0 Å². The number of aromatic carboxylic acids is 1. The zero-order valence-corrected chi connectivity index (χ0v) is 17.1. The van der Waals surface area contributed by atoms with Crippen LogP contribution in [0.1, 0.15) is 10.4 Å². The van der Waals surface area contributed by atoms with Gasteiger partial charge in [0, 0.05) is 34.5 Å². The first kappa shape index (κ1) is 20.2. The third-order valence-electron chi connectivity index (χ3n) is 5.00. The molecule has 3 aromatic heterocycles. The van der Waals surface area contributed by atoms with E-state index >= 15 is 0 Å². The van der Waals surface area contributed by atoms with E-state index in [2.05, 4.69) is 20.1 Å². The maximum absolute atomic E-state index is 11.1. The average Bonchev–Trinajstić information content (AvgIpc) is 3.27. The predicted molar refractivity (Wildman–Crippen MR) is 123 cm³/mol. The van der Waals surface area contributed by atoms with Crippen molar-refractivity contribution in [1.82, 2.24) is 24.6 Å². The number of anilines is 1. The molecule has 158 valence electrons. The van der Waals surface area contributed by atoms with Crippen LogP contribution in [0.5, 0.6) is 11.6 Å². The summed E-state index contributed by atoms with van der Waals surface area (Å²) in [6.45, 7) is 0. The number of hydrogen-bond donors (Lipinski definition) is 2. The van der Waals surface area contributed by atoms with E-state index in [0.717, 1.165) is 5.56 Å². The van der Waals surface area contributed by atoms with Gasteiger partial charge < -0.3 is 15.6 Å². The van der Waals surface area contributed by atoms with Gasteiger partial charge in [0.25, 0.3) is 0 Å². The molecule has 0 bridgehead atoms. The minimum absolute atomic E-state index is 0.0756. The number of ether oxygens (including phenoxy) is 1. The molecule has 0 aliphatic rings. The van der Waals surface area contributed by atoms with Crippen molar-refractivity contribution < 1.29 is 14.6 Å². The van der Waals surface area contributed by atoms with Gasteiger partial charge >= 0.3 is 5.97 Å². The maximum atomic E-state index is 11.1. The second kappa shape index (κ2) is 8.08. The van der Waals surface area contributed by atoms with Crippen molar-refractivity contribution >= 4 is 30.7 Å². The molecule has 5 aromatic rings. The first-order chi connectivity index (χ1) is 16.0. The van der Waals surface area contributed by atoms with Gasteiger partial charge in [-0.05, 0) is 24.3 Å². The van der Waals surface area contributed by atoms with Crippen LogP contribution in [-0.2, 0) is 0 Å². The van der Waals surface area contributed by atoms with Crippen molar-refractivity contribution in [2.24, 2.45) is 0 Å². The first-order valence-electron chi connectivity index (χ1n) is 9.83. The van der Waals surface area contributed by atoms with Crippen LogP contribution in [0.4, 0.5) is 5.82 Å². The molecule has 3 heterocycles. The molecule has 0 aliphatic heterocycles. The highest BCUT2D eigenvalue weighted by Crippen LogP contribution is 2.27. The van der Waals surface area contributed by atoms with Crippen molar-refractivity contribution in [3.63, 3.8) is 0 Å². The highest BCUT2D eigenvalue weighted by Gasteiger charge is 2.17. The monoisotopic (exact) mass is 434 g/mol. The number of nitrogens with zero attached hydrogens (tertiary/aromatic N) is 5. The first-order valence-corrected chi connectivity index (χ1v) is 9.83. The van der Waals surface area contributed by atoms with E-state index in [1.807, 2.05) is 30.3 Å². The summed E-state index contributed by atoms with van der Waals surface area (Å²) in [7, 11) is 6.11. The molecule has 2 radical (unpaired) electrons. The molecule has 10 heteroatoms. The lowest BCUT2D eigenvalue weighted by Gasteiger charge is -2.12. The lowest BCUT2D eigenvalue weighted by molar-refractivity contribution is 0.0697. The Bertz CT molecular complexity index is 1470. The van der Waals surface area contributed by atoms with Gasteiger partial charge in [-0.25, -0.2) is 14.8 Å². The topological polar surface area (TPSA) is 129 Å². The number of aromatic nitrogens is 5. The van der Waals surface area contributed by atoms with E-state index < -0.39 is 5.97 Å². The van der Waals surface area contributed by atoms with E-state index in [4.69, 9.17) is 23.4 Å². The summed E-state index contributed by atoms with van der Waals surface area (Å²) in [5.74, 6) is 0.159. The van der Waals surface area contributed by atoms with E-state index in [0.29, 0.717) is 28.3 Å². The Kier molecular flexibility index (Phi) is 4.94. The SMILES string of the molecule is [B]c1c(Oc2ccc(C(=O)O)cc2)nc2c(-c3cnc(-c4ccccc4)nc3)cnn2c1N. The standard InChI is InChI=1S/C23H15BN6O3/c24-18-19(25)30-21(29-22(18)33-16-8-6-14(7-9-16)23(31)32)17(12-28-30)15-10-26-20(27-11-15)13-4-2-1-3-5-13/h1-12H,25H2,(H,31,32).